The molecule has 1 aliphatic rings. The van der Waals surface area contributed by atoms with Crippen molar-refractivity contribution < 1.29 is 14.7 Å². The van der Waals surface area contributed by atoms with Crippen LogP contribution in [0.5, 0.6) is 0 Å². The molecular formula is C13H23NO3. The van der Waals surface area contributed by atoms with Gasteiger partial charge in [-0.2, -0.15) is 0 Å². The van der Waals surface area contributed by atoms with E-state index in [0.29, 0.717) is 19.0 Å². The minimum Gasteiger partial charge on any atom is -0.481 e. The van der Waals surface area contributed by atoms with Crippen LogP contribution in [0.2, 0.25) is 0 Å². The average Bonchev–Trinajstić information content (AvgIpc) is 2.70. The van der Waals surface area contributed by atoms with Crippen molar-refractivity contribution in [1.82, 2.24) is 4.90 Å². The van der Waals surface area contributed by atoms with Gasteiger partial charge in [-0.25, -0.2) is 0 Å². The van der Waals surface area contributed by atoms with Crippen molar-refractivity contribution in [1.29, 1.82) is 0 Å². The minimum atomic E-state index is -0.837. The number of rotatable bonds is 5. The first-order chi connectivity index (χ1) is 7.97. The van der Waals surface area contributed by atoms with Crippen molar-refractivity contribution in [2.45, 2.75) is 40.0 Å². The third-order valence-electron chi connectivity index (χ3n) is 3.79. The first-order valence-electron chi connectivity index (χ1n) is 6.49. The van der Waals surface area contributed by atoms with E-state index in [4.69, 9.17) is 5.11 Å². The van der Waals surface area contributed by atoms with Gasteiger partial charge < -0.3 is 10.0 Å². The zero-order chi connectivity index (χ0) is 13.0. The van der Waals surface area contributed by atoms with Crippen LogP contribution in [-0.4, -0.2) is 35.0 Å². The van der Waals surface area contributed by atoms with Gasteiger partial charge in [0.1, 0.15) is 0 Å². The summed E-state index contributed by atoms with van der Waals surface area (Å²) in [6, 6.07) is 0. The highest BCUT2D eigenvalue weighted by atomic mass is 16.4. The Morgan fingerprint density at radius 3 is 2.47 bits per heavy atom. The second kappa shape index (κ2) is 6.03. The van der Waals surface area contributed by atoms with Gasteiger partial charge in [0.15, 0.2) is 0 Å². The number of carboxylic acid groups (broad SMARTS) is 1. The molecule has 0 bridgehead atoms. The van der Waals surface area contributed by atoms with E-state index in [2.05, 4.69) is 6.92 Å². The van der Waals surface area contributed by atoms with Gasteiger partial charge in [-0.1, -0.05) is 20.3 Å². The molecule has 4 nitrogen and oxygen atoms in total. The minimum absolute atomic E-state index is 0.107. The van der Waals surface area contributed by atoms with E-state index in [1.165, 1.54) is 0 Å². The highest BCUT2D eigenvalue weighted by Gasteiger charge is 2.33. The number of carbonyl (C=O) groups excluding carboxylic acids is 1. The highest BCUT2D eigenvalue weighted by molar-refractivity contribution is 5.80. The van der Waals surface area contributed by atoms with Crippen LogP contribution in [0.15, 0.2) is 0 Å². The summed E-state index contributed by atoms with van der Waals surface area (Å²) >= 11 is 0. The van der Waals surface area contributed by atoms with Crippen LogP contribution in [-0.2, 0) is 9.59 Å². The van der Waals surface area contributed by atoms with Gasteiger partial charge in [-0.3, -0.25) is 9.59 Å². The SMILES string of the molecule is CCN(CC(C)C(=O)O)C(=O)C1CCCC1C. The van der Waals surface area contributed by atoms with E-state index in [-0.39, 0.29) is 11.8 Å². The normalized spacial score (nSPS) is 25.6. The molecule has 1 fully saturated rings. The predicted molar refractivity (Wildman–Crippen MR) is 65.6 cm³/mol. The topological polar surface area (TPSA) is 57.6 Å². The molecule has 3 atom stereocenters. The first kappa shape index (κ1) is 14.0. The largest absolute Gasteiger partial charge is 0.481 e. The second-order valence-corrected chi connectivity index (χ2v) is 5.13. The number of hydrogen-bond acceptors (Lipinski definition) is 2. The molecule has 0 aromatic heterocycles. The smallest absolute Gasteiger partial charge is 0.308 e. The fraction of sp³-hybridized carbons (Fsp3) is 0.846. The molecule has 98 valence electrons. The van der Waals surface area contributed by atoms with Gasteiger partial charge in [0, 0.05) is 19.0 Å². The lowest BCUT2D eigenvalue weighted by molar-refractivity contribution is -0.144. The highest BCUT2D eigenvalue weighted by Crippen LogP contribution is 2.32. The zero-order valence-corrected chi connectivity index (χ0v) is 11.0. The molecule has 1 amide bonds. The predicted octanol–water partition coefficient (Wildman–Crippen LogP) is 1.99. The van der Waals surface area contributed by atoms with Crippen molar-refractivity contribution in [3.8, 4) is 0 Å². The van der Waals surface area contributed by atoms with Crippen LogP contribution in [0.3, 0.4) is 0 Å². The van der Waals surface area contributed by atoms with E-state index >= 15 is 0 Å². The number of carboxylic acids is 1. The summed E-state index contributed by atoms with van der Waals surface area (Å²) < 4.78 is 0. The Labute approximate surface area is 103 Å². The standard InChI is InChI=1S/C13H23NO3/c1-4-14(8-10(3)13(16)17)12(15)11-7-5-6-9(11)2/h9-11H,4-8H2,1-3H3,(H,16,17). The molecule has 0 radical (unpaired) electrons. The Bertz CT molecular complexity index is 290. The van der Waals surface area contributed by atoms with Crippen molar-refractivity contribution in [2.24, 2.45) is 17.8 Å². The van der Waals surface area contributed by atoms with Gasteiger partial charge in [-0.15, -0.1) is 0 Å². The fourth-order valence-electron chi connectivity index (χ4n) is 2.53. The van der Waals surface area contributed by atoms with Crippen molar-refractivity contribution in [3.63, 3.8) is 0 Å². The van der Waals surface area contributed by atoms with Crippen LogP contribution in [0.1, 0.15) is 40.0 Å². The summed E-state index contributed by atoms with van der Waals surface area (Å²) in [5, 5.41) is 8.89. The van der Waals surface area contributed by atoms with Crippen LogP contribution in [0, 0.1) is 17.8 Å². The van der Waals surface area contributed by atoms with Gasteiger partial charge in [0.2, 0.25) is 5.91 Å². The second-order valence-electron chi connectivity index (χ2n) is 5.13. The summed E-state index contributed by atoms with van der Waals surface area (Å²) in [5.41, 5.74) is 0. The number of aliphatic carboxylic acids is 1. The van der Waals surface area contributed by atoms with Crippen LogP contribution >= 0.6 is 0 Å². The number of carbonyl (C=O) groups is 2. The van der Waals surface area contributed by atoms with Crippen molar-refractivity contribution in [2.75, 3.05) is 13.1 Å². The van der Waals surface area contributed by atoms with Gasteiger partial charge in [0.25, 0.3) is 0 Å². The van der Waals surface area contributed by atoms with Crippen LogP contribution in [0.4, 0.5) is 0 Å². The quantitative estimate of drug-likeness (QED) is 0.800. The first-order valence-corrected chi connectivity index (χ1v) is 6.49. The molecule has 0 spiro atoms. The maximum atomic E-state index is 12.3. The van der Waals surface area contributed by atoms with Crippen LogP contribution < -0.4 is 0 Å². The van der Waals surface area contributed by atoms with Crippen LogP contribution in [0.25, 0.3) is 0 Å². The summed E-state index contributed by atoms with van der Waals surface area (Å²) in [6.45, 7) is 6.60. The third kappa shape index (κ3) is 3.45. The van der Waals surface area contributed by atoms with Crippen molar-refractivity contribution >= 4 is 11.9 Å². The molecular weight excluding hydrogens is 218 g/mol. The Morgan fingerprint density at radius 1 is 1.41 bits per heavy atom. The molecule has 17 heavy (non-hydrogen) atoms. The average molecular weight is 241 g/mol. The molecule has 0 aromatic rings. The monoisotopic (exact) mass is 241 g/mol. The molecule has 1 aliphatic carbocycles. The molecule has 3 unspecified atom stereocenters. The molecule has 0 saturated heterocycles. The molecule has 1 N–H and O–H groups in total. The molecule has 0 aromatic carbocycles. The van der Waals surface area contributed by atoms with E-state index in [9.17, 15) is 9.59 Å². The van der Waals surface area contributed by atoms with E-state index < -0.39 is 11.9 Å². The maximum absolute atomic E-state index is 12.3. The van der Waals surface area contributed by atoms with E-state index in [1.807, 2.05) is 6.92 Å². The van der Waals surface area contributed by atoms with Crippen molar-refractivity contribution in [3.05, 3.63) is 0 Å². The summed E-state index contributed by atoms with van der Waals surface area (Å²) in [7, 11) is 0. The fourth-order valence-corrected chi connectivity index (χ4v) is 2.53. The van der Waals surface area contributed by atoms with E-state index in [1.54, 1.807) is 11.8 Å². The lowest BCUT2D eigenvalue weighted by Gasteiger charge is -2.27. The summed E-state index contributed by atoms with van der Waals surface area (Å²) in [5.74, 6) is -0.635. The molecule has 1 rings (SSSR count). The molecule has 1 saturated carbocycles. The Hall–Kier alpha value is -1.06. The summed E-state index contributed by atoms with van der Waals surface area (Å²) in [4.78, 5) is 24.8. The number of nitrogens with zero attached hydrogens (tertiary/aromatic N) is 1. The maximum Gasteiger partial charge on any atom is 0.308 e. The lowest BCUT2D eigenvalue weighted by atomic mass is 9.96. The lowest BCUT2D eigenvalue weighted by Crippen LogP contribution is -2.41. The van der Waals surface area contributed by atoms with E-state index in [0.717, 1.165) is 19.3 Å². The zero-order valence-electron chi connectivity index (χ0n) is 11.0. The third-order valence-corrected chi connectivity index (χ3v) is 3.79. The summed E-state index contributed by atoms with van der Waals surface area (Å²) in [6.07, 6.45) is 3.18. The Balaban J connectivity index is 2.60. The van der Waals surface area contributed by atoms with Gasteiger partial charge in [0.05, 0.1) is 5.92 Å². The van der Waals surface area contributed by atoms with Gasteiger partial charge in [-0.05, 0) is 25.7 Å². The number of amides is 1. The van der Waals surface area contributed by atoms with Gasteiger partial charge >= 0.3 is 5.97 Å². The Kier molecular flexibility index (Phi) is 4.97. The molecule has 4 heteroatoms. The Morgan fingerprint density at radius 2 is 2.06 bits per heavy atom. The molecule has 0 aliphatic heterocycles. The number of hydrogen-bond donors (Lipinski definition) is 1. The molecule has 0 heterocycles.